The van der Waals surface area contributed by atoms with Gasteiger partial charge < -0.3 is 9.84 Å². The topological polar surface area (TPSA) is 218 Å². The van der Waals surface area contributed by atoms with Gasteiger partial charge in [0.05, 0.1) is 58.9 Å². The molecule has 0 bridgehead atoms. The Bertz CT molecular complexity index is 2340. The molecule has 0 fully saturated rings. The summed E-state index contributed by atoms with van der Waals surface area (Å²) in [5, 5.41) is 30.5. The molecular weight excluding hydrogens is 860 g/mol. The molecule has 0 aliphatic rings. The van der Waals surface area contributed by atoms with Crippen molar-refractivity contribution in [3.05, 3.63) is 137 Å². The number of carboxylic acid groups (broad SMARTS) is 1. The monoisotopic (exact) mass is 906 g/mol. The highest BCUT2D eigenvalue weighted by atomic mass is 35.5. The Morgan fingerprint density at radius 1 is 0.600 bits per heavy atom. The zero-order valence-electron chi connectivity index (χ0n) is 33.1. The van der Waals surface area contributed by atoms with Crippen molar-refractivity contribution in [2.24, 2.45) is 0 Å². The highest BCUT2D eigenvalue weighted by Gasteiger charge is 2.24. The van der Waals surface area contributed by atoms with Crippen molar-refractivity contribution >= 4 is 66.2 Å². The van der Waals surface area contributed by atoms with Gasteiger partial charge in [-0.1, -0.05) is 125 Å². The van der Waals surface area contributed by atoms with Gasteiger partial charge in [0.15, 0.2) is 19.7 Å². The number of nitro benzene ring substituents is 2. The molecule has 4 aromatic carbocycles. The van der Waals surface area contributed by atoms with Gasteiger partial charge in [-0.25, -0.2) is 26.4 Å². The maximum atomic E-state index is 13.0. The largest absolute Gasteiger partial charge is 0.478 e. The Hall–Kier alpha value is -4.90. The summed E-state index contributed by atoms with van der Waals surface area (Å²) in [6.45, 7) is 2.50. The number of ether oxygens (including phenoxy) is 1. The van der Waals surface area contributed by atoms with Gasteiger partial charge in [-0.3, -0.25) is 20.2 Å². The fraction of sp³-hybridized carbons (Fsp3) is 0.381. The summed E-state index contributed by atoms with van der Waals surface area (Å²) in [4.78, 5) is 43.4. The molecule has 1 N–H and O–H groups in total. The van der Waals surface area contributed by atoms with Crippen molar-refractivity contribution in [1.29, 1.82) is 0 Å². The van der Waals surface area contributed by atoms with E-state index in [0.29, 0.717) is 0 Å². The second-order valence-electron chi connectivity index (χ2n) is 14.0. The molecule has 0 radical (unpaired) electrons. The van der Waals surface area contributed by atoms with Crippen LogP contribution in [0.3, 0.4) is 0 Å². The van der Waals surface area contributed by atoms with Crippen LogP contribution in [0, 0.1) is 20.2 Å². The van der Waals surface area contributed by atoms with Gasteiger partial charge in [0.25, 0.3) is 11.4 Å². The molecule has 0 unspecified atom stereocenters. The molecule has 0 amide bonds. The lowest BCUT2D eigenvalue weighted by Gasteiger charge is -2.10. The molecule has 0 aromatic heterocycles. The number of benzene rings is 4. The number of nitro groups is 2. The Labute approximate surface area is 360 Å². The standard InChI is InChI=1S/C28H38ClNO6S.C14H10ClNO6S/c1-2-3-4-5-6-7-8-9-10-11-12-13-19-36-28(31)24-17-18-26(29)27(21-24)37(34,35)22-23-15-14-16-25(20-23)30(32)33;15-12-5-4-10(14(17)18)7-13(12)23(21,22)8-9-2-1-3-11(6-9)16(19)20/h14-18,20-21H,2-13,19,22H2,1H3;1-7H,8H2,(H,17,18). The van der Waals surface area contributed by atoms with Gasteiger partial charge >= 0.3 is 11.9 Å². The molecule has 0 aliphatic carbocycles. The van der Waals surface area contributed by atoms with Gasteiger partial charge in [0.1, 0.15) is 0 Å². The van der Waals surface area contributed by atoms with Gasteiger partial charge in [-0.15, -0.1) is 0 Å². The SMILES string of the molecule is CCCCCCCCCCCCCCOC(=O)c1ccc(Cl)c(S(=O)(=O)Cc2cccc([N+](=O)[O-])c2)c1.O=C(O)c1ccc(Cl)c(S(=O)(=O)Cc2cccc([N+](=O)[O-])c2)c1. The minimum absolute atomic E-state index is 0.0251. The summed E-state index contributed by atoms with van der Waals surface area (Å²) in [7, 11) is -7.91. The van der Waals surface area contributed by atoms with Crippen LogP contribution < -0.4 is 0 Å². The highest BCUT2D eigenvalue weighted by molar-refractivity contribution is 7.91. The lowest BCUT2D eigenvalue weighted by atomic mass is 10.1. The third-order valence-corrected chi connectivity index (χ3v) is 13.5. The van der Waals surface area contributed by atoms with Crippen molar-refractivity contribution in [3.8, 4) is 0 Å². The Morgan fingerprint density at radius 3 is 1.42 bits per heavy atom. The van der Waals surface area contributed by atoms with Gasteiger partial charge in [0, 0.05) is 24.3 Å². The van der Waals surface area contributed by atoms with Gasteiger partial charge in [0.2, 0.25) is 0 Å². The van der Waals surface area contributed by atoms with E-state index in [2.05, 4.69) is 6.92 Å². The zero-order valence-corrected chi connectivity index (χ0v) is 36.2. The number of carboxylic acids is 1. The third-order valence-electron chi connectivity index (χ3n) is 9.20. The van der Waals surface area contributed by atoms with Crippen molar-refractivity contribution in [2.45, 2.75) is 105 Å². The fourth-order valence-electron chi connectivity index (χ4n) is 6.05. The van der Waals surface area contributed by atoms with Crippen LogP contribution >= 0.6 is 23.2 Å². The predicted molar refractivity (Wildman–Crippen MR) is 229 cm³/mol. The molecule has 0 spiro atoms. The summed E-state index contributed by atoms with van der Waals surface area (Å²) in [5.74, 6) is -2.90. The maximum absolute atomic E-state index is 13.0. The third kappa shape index (κ3) is 16.3. The number of esters is 1. The van der Waals surface area contributed by atoms with E-state index in [4.69, 9.17) is 33.0 Å². The van der Waals surface area contributed by atoms with E-state index in [0.717, 1.165) is 31.4 Å². The van der Waals surface area contributed by atoms with Crippen LogP contribution in [-0.4, -0.2) is 50.3 Å². The molecule has 0 saturated carbocycles. The van der Waals surface area contributed by atoms with Gasteiger partial charge in [-0.2, -0.15) is 0 Å². The number of aromatic carboxylic acids is 1. The van der Waals surface area contributed by atoms with Crippen LogP contribution in [0.2, 0.25) is 10.0 Å². The molecule has 4 rings (SSSR count). The molecule has 0 aliphatic heterocycles. The van der Waals surface area contributed by atoms with E-state index in [-0.39, 0.29) is 60.1 Å². The number of non-ortho nitro benzene ring substituents is 2. The van der Waals surface area contributed by atoms with E-state index in [1.54, 1.807) is 0 Å². The first kappa shape index (κ1) is 49.5. The first-order valence-electron chi connectivity index (χ1n) is 19.4. The van der Waals surface area contributed by atoms with Crippen molar-refractivity contribution < 1.29 is 46.1 Å². The average molecular weight is 908 g/mol. The summed E-state index contributed by atoms with van der Waals surface area (Å²) in [6.07, 6.45) is 14.5. The number of nitrogens with zero attached hydrogens (tertiary/aromatic N) is 2. The second kappa shape index (κ2) is 24.4. The molecule has 324 valence electrons. The summed E-state index contributed by atoms with van der Waals surface area (Å²) >= 11 is 12.0. The second-order valence-corrected chi connectivity index (χ2v) is 18.7. The number of rotatable bonds is 23. The lowest BCUT2D eigenvalue weighted by Crippen LogP contribution is -2.10. The van der Waals surface area contributed by atoms with Crippen LogP contribution in [0.25, 0.3) is 0 Å². The van der Waals surface area contributed by atoms with E-state index in [9.17, 15) is 46.7 Å². The van der Waals surface area contributed by atoms with Crippen molar-refractivity contribution in [3.63, 3.8) is 0 Å². The van der Waals surface area contributed by atoms with Crippen LogP contribution in [0.4, 0.5) is 11.4 Å². The summed E-state index contributed by atoms with van der Waals surface area (Å²) < 4.78 is 56.1. The number of hydrogen-bond donors (Lipinski definition) is 1. The van der Waals surface area contributed by atoms with Crippen LogP contribution in [0.15, 0.2) is 94.7 Å². The molecule has 0 atom stereocenters. The lowest BCUT2D eigenvalue weighted by molar-refractivity contribution is -0.385. The number of sulfone groups is 2. The van der Waals surface area contributed by atoms with E-state index < -0.39 is 53.0 Å². The number of unbranched alkanes of at least 4 members (excludes halogenated alkanes) is 11. The number of carbonyl (C=O) groups excluding carboxylic acids is 1. The van der Waals surface area contributed by atoms with Crippen LogP contribution in [0.5, 0.6) is 0 Å². The molecule has 18 heteroatoms. The smallest absolute Gasteiger partial charge is 0.338 e. The molecule has 0 heterocycles. The van der Waals surface area contributed by atoms with Crippen molar-refractivity contribution in [2.75, 3.05) is 6.61 Å². The normalized spacial score (nSPS) is 11.3. The Kier molecular flexibility index (Phi) is 20.1. The maximum Gasteiger partial charge on any atom is 0.338 e. The quantitative estimate of drug-likeness (QED) is 0.0318. The molecule has 4 aromatic rings. The number of carbonyl (C=O) groups is 2. The fourth-order valence-corrected chi connectivity index (χ4v) is 9.88. The Morgan fingerprint density at radius 2 is 1.00 bits per heavy atom. The molecule has 14 nitrogen and oxygen atoms in total. The molecule has 0 saturated heterocycles. The minimum Gasteiger partial charge on any atom is -0.478 e. The first-order valence-corrected chi connectivity index (χ1v) is 23.4. The number of hydrogen-bond acceptors (Lipinski definition) is 11. The first-order chi connectivity index (χ1) is 28.4. The predicted octanol–water partition coefficient (Wildman–Crippen LogP) is 11.0. The van der Waals surface area contributed by atoms with Gasteiger partial charge in [-0.05, 0) is 53.9 Å². The van der Waals surface area contributed by atoms with E-state index in [1.165, 1.54) is 131 Å². The van der Waals surface area contributed by atoms with Crippen LogP contribution in [-0.2, 0) is 35.9 Å². The average Bonchev–Trinajstić information content (AvgIpc) is 3.19. The van der Waals surface area contributed by atoms with E-state index in [1.807, 2.05) is 0 Å². The van der Waals surface area contributed by atoms with Crippen molar-refractivity contribution in [1.82, 2.24) is 0 Å². The molecular formula is C42H48Cl2N2O12S2. The zero-order chi connectivity index (χ0) is 44.3. The Balaban J connectivity index is 0.000000357. The summed E-state index contributed by atoms with van der Waals surface area (Å²) in [6, 6.07) is 17.9. The highest BCUT2D eigenvalue weighted by Crippen LogP contribution is 2.29. The summed E-state index contributed by atoms with van der Waals surface area (Å²) in [5.41, 5.74) is -0.0915. The molecule has 60 heavy (non-hydrogen) atoms. The van der Waals surface area contributed by atoms with E-state index >= 15 is 0 Å². The number of halogens is 2. The minimum atomic E-state index is -3.96. The van der Waals surface area contributed by atoms with Crippen LogP contribution in [0.1, 0.15) is 116 Å².